The van der Waals surface area contributed by atoms with Crippen LogP contribution in [0.4, 0.5) is 0 Å². The Morgan fingerprint density at radius 3 is 2.45 bits per heavy atom. The lowest BCUT2D eigenvalue weighted by molar-refractivity contribution is 0.414. The molecule has 2 nitrogen and oxygen atoms in total. The Morgan fingerprint density at radius 1 is 1.00 bits per heavy atom. The number of rotatable bonds is 7. The van der Waals surface area contributed by atoms with Crippen LogP contribution in [0.15, 0.2) is 60.7 Å². The first-order valence-corrected chi connectivity index (χ1v) is 6.94. The molecule has 0 aliphatic carbocycles. The summed E-state index contributed by atoms with van der Waals surface area (Å²) in [5.74, 6) is 0.910. The highest BCUT2D eigenvalue weighted by atomic mass is 16.5. The fourth-order valence-corrected chi connectivity index (χ4v) is 1.97. The molecule has 0 saturated heterocycles. The average molecular weight is 267 g/mol. The highest BCUT2D eigenvalue weighted by molar-refractivity contribution is 5.48. The third-order valence-electron chi connectivity index (χ3n) is 3.12. The fourth-order valence-electron chi connectivity index (χ4n) is 1.97. The van der Waals surface area contributed by atoms with Crippen molar-refractivity contribution in [3.05, 3.63) is 71.8 Å². The summed E-state index contributed by atoms with van der Waals surface area (Å²) in [6.07, 6.45) is 5.33. The monoisotopic (exact) mass is 267 g/mol. The van der Waals surface area contributed by atoms with Crippen molar-refractivity contribution in [2.45, 2.75) is 6.42 Å². The highest BCUT2D eigenvalue weighted by Gasteiger charge is 1.93. The van der Waals surface area contributed by atoms with Gasteiger partial charge in [0.15, 0.2) is 0 Å². The van der Waals surface area contributed by atoms with Gasteiger partial charge >= 0.3 is 0 Å². The van der Waals surface area contributed by atoms with Crippen molar-refractivity contribution in [2.75, 3.05) is 20.2 Å². The molecule has 2 aromatic rings. The van der Waals surface area contributed by atoms with E-state index in [0.717, 1.165) is 25.3 Å². The Morgan fingerprint density at radius 2 is 1.75 bits per heavy atom. The van der Waals surface area contributed by atoms with Crippen LogP contribution in [-0.2, 0) is 6.42 Å². The summed E-state index contributed by atoms with van der Waals surface area (Å²) in [7, 11) is 1.69. The summed E-state index contributed by atoms with van der Waals surface area (Å²) in [4.78, 5) is 0. The van der Waals surface area contributed by atoms with Gasteiger partial charge in [-0.05, 0) is 36.2 Å². The third-order valence-corrected chi connectivity index (χ3v) is 3.12. The fraction of sp³-hybridized carbons (Fsp3) is 0.222. The number of ether oxygens (including phenoxy) is 1. The maximum Gasteiger partial charge on any atom is 0.118 e. The highest BCUT2D eigenvalue weighted by Crippen LogP contribution is 2.11. The van der Waals surface area contributed by atoms with Crippen molar-refractivity contribution < 1.29 is 4.74 Å². The second-order valence-electron chi connectivity index (χ2n) is 4.62. The molecule has 0 radical (unpaired) electrons. The SMILES string of the molecule is COc1ccc(CCNC/C=C/c2ccccc2)cc1. The molecule has 0 aliphatic rings. The number of hydrogen-bond donors (Lipinski definition) is 1. The van der Waals surface area contributed by atoms with E-state index >= 15 is 0 Å². The molecule has 1 N–H and O–H groups in total. The molecular formula is C18H21NO. The van der Waals surface area contributed by atoms with Crippen LogP contribution in [0.5, 0.6) is 5.75 Å². The van der Waals surface area contributed by atoms with Crippen LogP contribution in [-0.4, -0.2) is 20.2 Å². The second kappa shape index (κ2) is 8.18. The molecule has 0 spiro atoms. The topological polar surface area (TPSA) is 21.3 Å². The summed E-state index contributed by atoms with van der Waals surface area (Å²) in [5, 5.41) is 3.41. The molecule has 0 atom stereocenters. The Labute approximate surface area is 121 Å². The van der Waals surface area contributed by atoms with E-state index in [-0.39, 0.29) is 0 Å². The van der Waals surface area contributed by atoms with Crippen molar-refractivity contribution in [3.8, 4) is 5.75 Å². The molecule has 0 amide bonds. The molecule has 0 aromatic heterocycles. The molecule has 0 fully saturated rings. The van der Waals surface area contributed by atoms with Gasteiger partial charge in [0.1, 0.15) is 5.75 Å². The molecule has 2 heteroatoms. The lowest BCUT2D eigenvalue weighted by Crippen LogP contribution is -2.16. The van der Waals surface area contributed by atoms with Gasteiger partial charge in [0.05, 0.1) is 7.11 Å². The quantitative estimate of drug-likeness (QED) is 0.775. The molecule has 0 unspecified atom stereocenters. The number of nitrogens with one attached hydrogen (secondary N) is 1. The summed E-state index contributed by atoms with van der Waals surface area (Å²) in [6.45, 7) is 1.87. The first kappa shape index (κ1) is 14.4. The van der Waals surface area contributed by atoms with E-state index in [1.807, 2.05) is 18.2 Å². The van der Waals surface area contributed by atoms with Gasteiger partial charge in [-0.25, -0.2) is 0 Å². The van der Waals surface area contributed by atoms with E-state index in [9.17, 15) is 0 Å². The van der Waals surface area contributed by atoms with E-state index in [0.29, 0.717) is 0 Å². The number of benzene rings is 2. The summed E-state index contributed by atoms with van der Waals surface area (Å²) in [5.41, 5.74) is 2.56. The Hall–Kier alpha value is -2.06. The van der Waals surface area contributed by atoms with Gasteiger partial charge in [-0.3, -0.25) is 0 Å². The summed E-state index contributed by atoms with van der Waals surface area (Å²) < 4.78 is 5.14. The Balaban J connectivity index is 1.65. The van der Waals surface area contributed by atoms with Crippen LogP contribution < -0.4 is 10.1 Å². The Kier molecular flexibility index (Phi) is 5.87. The zero-order chi connectivity index (χ0) is 14.0. The second-order valence-corrected chi connectivity index (χ2v) is 4.62. The largest absolute Gasteiger partial charge is 0.497 e. The van der Waals surface area contributed by atoms with E-state index in [1.165, 1.54) is 11.1 Å². The molecule has 104 valence electrons. The van der Waals surface area contributed by atoms with Gasteiger partial charge in [0.2, 0.25) is 0 Å². The van der Waals surface area contributed by atoms with Crippen molar-refractivity contribution in [1.82, 2.24) is 5.32 Å². The van der Waals surface area contributed by atoms with E-state index in [1.54, 1.807) is 7.11 Å². The van der Waals surface area contributed by atoms with Crippen LogP contribution in [0.25, 0.3) is 6.08 Å². The molecule has 0 saturated carbocycles. The molecule has 20 heavy (non-hydrogen) atoms. The minimum absolute atomic E-state index is 0.894. The molecule has 0 bridgehead atoms. The normalized spacial score (nSPS) is 10.8. The predicted molar refractivity (Wildman–Crippen MR) is 85.0 cm³/mol. The minimum atomic E-state index is 0.894. The summed E-state index contributed by atoms with van der Waals surface area (Å²) >= 11 is 0. The Bertz CT molecular complexity index is 517. The van der Waals surface area contributed by atoms with Gasteiger partial charge < -0.3 is 10.1 Å². The van der Waals surface area contributed by atoms with E-state index < -0.39 is 0 Å². The maximum absolute atomic E-state index is 5.14. The first-order valence-electron chi connectivity index (χ1n) is 6.94. The van der Waals surface area contributed by atoms with Crippen LogP contribution in [0, 0.1) is 0 Å². The molecule has 2 rings (SSSR count). The van der Waals surface area contributed by atoms with Crippen molar-refractivity contribution in [2.24, 2.45) is 0 Å². The van der Waals surface area contributed by atoms with Gasteiger partial charge in [0.25, 0.3) is 0 Å². The summed E-state index contributed by atoms with van der Waals surface area (Å²) in [6, 6.07) is 18.6. The number of hydrogen-bond acceptors (Lipinski definition) is 2. The van der Waals surface area contributed by atoms with Crippen LogP contribution >= 0.6 is 0 Å². The van der Waals surface area contributed by atoms with Gasteiger partial charge in [-0.1, -0.05) is 54.6 Å². The standard InChI is InChI=1S/C18H21NO/c1-20-18-11-9-17(10-12-18)13-15-19-14-5-8-16-6-3-2-4-7-16/h2-12,19H,13-15H2,1H3/b8-5+. The average Bonchev–Trinajstić information content (AvgIpc) is 2.52. The zero-order valence-electron chi connectivity index (χ0n) is 11.9. The predicted octanol–water partition coefficient (Wildman–Crippen LogP) is 3.54. The molecular weight excluding hydrogens is 246 g/mol. The van der Waals surface area contributed by atoms with Crippen molar-refractivity contribution in [1.29, 1.82) is 0 Å². The van der Waals surface area contributed by atoms with Crippen molar-refractivity contribution in [3.63, 3.8) is 0 Å². The minimum Gasteiger partial charge on any atom is -0.497 e. The van der Waals surface area contributed by atoms with Crippen LogP contribution in [0.2, 0.25) is 0 Å². The smallest absolute Gasteiger partial charge is 0.118 e. The van der Waals surface area contributed by atoms with Crippen molar-refractivity contribution >= 4 is 6.08 Å². The molecule has 0 heterocycles. The van der Waals surface area contributed by atoms with E-state index in [4.69, 9.17) is 4.74 Å². The van der Waals surface area contributed by atoms with E-state index in [2.05, 4.69) is 53.9 Å². The van der Waals surface area contributed by atoms with Crippen LogP contribution in [0.1, 0.15) is 11.1 Å². The first-order chi connectivity index (χ1) is 9.88. The number of methoxy groups -OCH3 is 1. The third kappa shape index (κ3) is 4.90. The molecule has 2 aromatic carbocycles. The van der Waals surface area contributed by atoms with Gasteiger partial charge in [-0.2, -0.15) is 0 Å². The van der Waals surface area contributed by atoms with Gasteiger partial charge in [0, 0.05) is 6.54 Å². The molecule has 0 aliphatic heterocycles. The maximum atomic E-state index is 5.14. The lowest BCUT2D eigenvalue weighted by Gasteiger charge is -2.04. The van der Waals surface area contributed by atoms with Gasteiger partial charge in [-0.15, -0.1) is 0 Å². The van der Waals surface area contributed by atoms with Crippen LogP contribution in [0.3, 0.4) is 0 Å². The zero-order valence-corrected chi connectivity index (χ0v) is 11.9. The lowest BCUT2D eigenvalue weighted by atomic mass is 10.1.